The molecule has 71 heavy (non-hydrogen) atoms. The average molecular weight is 960 g/mol. The minimum absolute atomic E-state index is 0.00590. The summed E-state index contributed by atoms with van der Waals surface area (Å²) in [6, 6.07) is 32.7. The molecule has 0 saturated carbocycles. The molecule has 8 rings (SSSR count). The van der Waals surface area contributed by atoms with Crippen molar-refractivity contribution in [3.8, 4) is 34.3 Å². The Labute approximate surface area is 413 Å². The van der Waals surface area contributed by atoms with Gasteiger partial charge in [0.25, 0.3) is 0 Å². The first-order valence-electron chi connectivity index (χ1n) is 23.8. The van der Waals surface area contributed by atoms with E-state index in [9.17, 15) is 24.6 Å². The van der Waals surface area contributed by atoms with Crippen molar-refractivity contribution in [2.45, 2.75) is 66.1 Å². The van der Waals surface area contributed by atoms with E-state index in [2.05, 4.69) is 65.2 Å². The topological polar surface area (TPSA) is 206 Å². The standard InChI is InChI=1S/C54H61N11O6/c1-7-71-49-26-41(20-21-45(49)58-53-56-30-46(63(6)33-66)50(59-53)57-44-11-9-8-10-35(44)4)64-24-22-39(23-25-64)52(69)55-29-36-12-14-37(15-13-36)31-62(5)32-38-16-18-40(19-17-38)65-51(60-61-54(65)70)43-27-42(34(2)3)47(67)28-48(43)68/h8-21,26-28,30,33-34,39,67-68H,7,22-25,29,31-32H2,1-6H3,(H,55,69)(H,61,70)(H2,56,57,58,59). The van der Waals surface area contributed by atoms with Gasteiger partial charge in [-0.3, -0.25) is 14.5 Å². The van der Waals surface area contributed by atoms with Gasteiger partial charge in [-0.1, -0.05) is 68.4 Å². The average Bonchev–Trinajstić information content (AvgIpc) is 3.75. The lowest BCUT2D eigenvalue weighted by Crippen LogP contribution is -2.40. The second-order valence-corrected chi connectivity index (χ2v) is 18.2. The number of aromatic hydroxyl groups is 2. The highest BCUT2D eigenvalue weighted by Crippen LogP contribution is 2.38. The van der Waals surface area contributed by atoms with Gasteiger partial charge in [-0.2, -0.15) is 10.1 Å². The van der Waals surface area contributed by atoms with Gasteiger partial charge >= 0.3 is 5.69 Å². The van der Waals surface area contributed by atoms with E-state index in [-0.39, 0.29) is 35.1 Å². The maximum atomic E-state index is 13.4. The highest BCUT2D eigenvalue weighted by atomic mass is 16.5. The van der Waals surface area contributed by atoms with Crippen LogP contribution in [0.4, 0.5) is 34.5 Å². The third kappa shape index (κ3) is 11.6. The van der Waals surface area contributed by atoms with E-state index in [0.29, 0.717) is 78.4 Å². The van der Waals surface area contributed by atoms with Crippen LogP contribution in [0.5, 0.6) is 17.2 Å². The van der Waals surface area contributed by atoms with Crippen LogP contribution in [0.2, 0.25) is 0 Å². The number of hydrogen-bond acceptors (Lipinski definition) is 13. The van der Waals surface area contributed by atoms with Gasteiger partial charge in [-0.15, -0.1) is 0 Å². The van der Waals surface area contributed by atoms with Gasteiger partial charge in [0.1, 0.15) is 22.9 Å². The molecule has 1 aliphatic rings. The first-order valence-corrected chi connectivity index (χ1v) is 23.8. The molecular formula is C54H61N11O6. The van der Waals surface area contributed by atoms with Crippen LogP contribution in [0.1, 0.15) is 67.3 Å². The van der Waals surface area contributed by atoms with Gasteiger partial charge in [-0.25, -0.2) is 19.4 Å². The number of rotatable bonds is 19. The molecule has 2 aromatic heterocycles. The monoisotopic (exact) mass is 959 g/mol. The molecule has 1 fully saturated rings. The molecule has 3 heterocycles. The molecule has 5 aromatic carbocycles. The zero-order valence-corrected chi connectivity index (χ0v) is 40.9. The van der Waals surface area contributed by atoms with Crippen molar-refractivity contribution >= 4 is 46.8 Å². The third-order valence-electron chi connectivity index (χ3n) is 12.7. The molecule has 0 aliphatic carbocycles. The van der Waals surface area contributed by atoms with E-state index in [1.54, 1.807) is 19.3 Å². The lowest BCUT2D eigenvalue weighted by Gasteiger charge is -2.33. The number of nitrogens with zero attached hydrogens (tertiary/aromatic N) is 7. The van der Waals surface area contributed by atoms with E-state index >= 15 is 0 Å². The van der Waals surface area contributed by atoms with E-state index in [4.69, 9.17) is 9.72 Å². The number of aryl methyl sites for hydroxylation is 1. The van der Waals surface area contributed by atoms with Crippen LogP contribution in [-0.2, 0) is 29.2 Å². The Kier molecular flexibility index (Phi) is 15.3. The molecule has 1 saturated heterocycles. The molecule has 368 valence electrons. The number of phenols is 2. The second kappa shape index (κ2) is 22.1. The van der Waals surface area contributed by atoms with E-state index in [0.717, 1.165) is 59.6 Å². The normalized spacial score (nSPS) is 12.8. The lowest BCUT2D eigenvalue weighted by atomic mass is 9.95. The maximum Gasteiger partial charge on any atom is 0.348 e. The third-order valence-corrected chi connectivity index (χ3v) is 12.7. The molecule has 2 amide bonds. The molecule has 0 radical (unpaired) electrons. The van der Waals surface area contributed by atoms with Gasteiger partial charge in [0.15, 0.2) is 11.6 Å². The fourth-order valence-corrected chi connectivity index (χ4v) is 8.77. The Morgan fingerprint density at radius 3 is 2.23 bits per heavy atom. The summed E-state index contributed by atoms with van der Waals surface area (Å²) in [5.41, 5.74) is 8.47. The lowest BCUT2D eigenvalue weighted by molar-refractivity contribution is -0.125. The highest BCUT2D eigenvalue weighted by molar-refractivity contribution is 5.84. The smallest absolute Gasteiger partial charge is 0.348 e. The summed E-state index contributed by atoms with van der Waals surface area (Å²) < 4.78 is 7.50. The van der Waals surface area contributed by atoms with Crippen molar-refractivity contribution in [1.29, 1.82) is 0 Å². The summed E-state index contributed by atoms with van der Waals surface area (Å²) in [5, 5.41) is 37.5. The SMILES string of the molecule is CCOc1cc(N2CCC(C(=O)NCc3ccc(CN(C)Cc4ccc(-n5c(-c6cc(C(C)C)c(O)cc6O)n[nH]c5=O)cc4)cc3)CC2)ccc1Nc1ncc(N(C)C=O)c(Nc2ccccc2C)n1. The van der Waals surface area contributed by atoms with Crippen LogP contribution in [0.15, 0.2) is 114 Å². The maximum absolute atomic E-state index is 13.4. The fourth-order valence-electron chi connectivity index (χ4n) is 8.77. The number of hydrogen-bond donors (Lipinski definition) is 6. The summed E-state index contributed by atoms with van der Waals surface area (Å²) in [4.78, 5) is 53.1. The number of amides is 2. The number of piperidine rings is 1. The number of anilines is 6. The summed E-state index contributed by atoms with van der Waals surface area (Å²) in [7, 11) is 3.70. The molecule has 1 aliphatic heterocycles. The zero-order valence-electron chi connectivity index (χ0n) is 40.9. The second-order valence-electron chi connectivity index (χ2n) is 18.2. The Hall–Kier alpha value is -8.18. The van der Waals surface area contributed by atoms with Crippen LogP contribution in [0, 0.1) is 12.8 Å². The minimum Gasteiger partial charge on any atom is -0.508 e. The van der Waals surface area contributed by atoms with Crippen LogP contribution in [0.3, 0.4) is 0 Å². The highest BCUT2D eigenvalue weighted by Gasteiger charge is 2.26. The number of carbonyl (C=O) groups is 2. The van der Waals surface area contributed by atoms with Crippen LogP contribution in [0.25, 0.3) is 17.1 Å². The summed E-state index contributed by atoms with van der Waals surface area (Å²) in [5.74, 6) is 1.49. The summed E-state index contributed by atoms with van der Waals surface area (Å²) in [6.45, 7) is 11.5. The molecule has 17 nitrogen and oxygen atoms in total. The number of ether oxygens (including phenoxy) is 1. The van der Waals surface area contributed by atoms with E-state index < -0.39 is 5.69 Å². The number of aromatic amines is 1. The molecule has 0 atom stereocenters. The zero-order chi connectivity index (χ0) is 50.2. The van der Waals surface area contributed by atoms with Gasteiger partial charge in [0.2, 0.25) is 18.3 Å². The Bertz CT molecular complexity index is 3040. The predicted molar refractivity (Wildman–Crippen MR) is 277 cm³/mol. The summed E-state index contributed by atoms with van der Waals surface area (Å²) >= 11 is 0. The number of H-pyrrole nitrogens is 1. The van der Waals surface area contributed by atoms with Crippen LogP contribution < -0.4 is 36.2 Å². The van der Waals surface area contributed by atoms with Crippen molar-refractivity contribution in [2.75, 3.05) is 54.2 Å². The first kappa shape index (κ1) is 49.2. The number of aromatic nitrogens is 5. The van der Waals surface area contributed by atoms with Crippen LogP contribution in [-0.4, -0.2) is 86.0 Å². The molecule has 6 N–H and O–H groups in total. The van der Waals surface area contributed by atoms with Gasteiger partial charge in [0.05, 0.1) is 29.7 Å². The number of nitrogens with one attached hydrogen (secondary N) is 4. The largest absolute Gasteiger partial charge is 0.508 e. The minimum atomic E-state index is -0.442. The number of carbonyl (C=O) groups excluding carboxylic acids is 2. The number of para-hydroxylation sites is 1. The molecule has 0 bridgehead atoms. The molecule has 0 spiro atoms. The molecule has 7 aromatic rings. The van der Waals surface area contributed by atoms with Crippen molar-refractivity contribution < 1.29 is 24.5 Å². The van der Waals surface area contributed by atoms with Gasteiger partial charge in [0, 0.05) is 69.2 Å². The van der Waals surface area contributed by atoms with Crippen molar-refractivity contribution in [3.63, 3.8) is 0 Å². The van der Waals surface area contributed by atoms with Gasteiger partial charge < -0.3 is 40.7 Å². The molecule has 0 unspecified atom stereocenters. The Balaban J connectivity index is 0.813. The Morgan fingerprint density at radius 2 is 1.55 bits per heavy atom. The fraction of sp³-hybridized carbons (Fsp3) is 0.296. The number of benzene rings is 5. The first-order chi connectivity index (χ1) is 34.3. The van der Waals surface area contributed by atoms with E-state index in [1.807, 2.05) is 101 Å². The van der Waals surface area contributed by atoms with Crippen molar-refractivity contribution in [2.24, 2.45) is 5.92 Å². The van der Waals surface area contributed by atoms with E-state index in [1.165, 1.54) is 15.5 Å². The van der Waals surface area contributed by atoms with Gasteiger partial charge in [-0.05, 0) is 104 Å². The Morgan fingerprint density at radius 1 is 0.873 bits per heavy atom. The molecule has 17 heteroatoms. The molecular weight excluding hydrogens is 899 g/mol. The van der Waals surface area contributed by atoms with Crippen LogP contribution >= 0.6 is 0 Å². The van der Waals surface area contributed by atoms with Crippen molar-refractivity contribution in [3.05, 3.63) is 148 Å². The summed E-state index contributed by atoms with van der Waals surface area (Å²) in [6.07, 6.45) is 3.77. The van der Waals surface area contributed by atoms with Crippen molar-refractivity contribution in [1.82, 2.24) is 34.9 Å². The predicted octanol–water partition coefficient (Wildman–Crippen LogP) is 8.50. The quantitative estimate of drug-likeness (QED) is 0.0421. The number of phenolic OH excluding ortho intramolecular Hbond substituents is 2.